The number of benzene rings is 3. The molecule has 0 atom stereocenters. The Hall–Kier alpha value is -4.77. The molecule has 0 radical (unpaired) electrons. The number of imidazole rings is 1. The molecule has 0 aliphatic rings. The van der Waals surface area contributed by atoms with Gasteiger partial charge in [-0.25, -0.2) is 9.55 Å². The van der Waals surface area contributed by atoms with Crippen LogP contribution in [0.5, 0.6) is 5.75 Å². The molecule has 180 valence electrons. The Labute approximate surface area is 212 Å². The van der Waals surface area contributed by atoms with E-state index in [0.29, 0.717) is 22.8 Å². The molecule has 0 aliphatic carbocycles. The van der Waals surface area contributed by atoms with E-state index in [4.69, 9.17) is 27.7 Å². The van der Waals surface area contributed by atoms with E-state index < -0.39 is 0 Å². The largest absolute Gasteiger partial charge is 0.497 e. The van der Waals surface area contributed by atoms with Crippen LogP contribution in [0.3, 0.4) is 0 Å². The van der Waals surface area contributed by atoms with Gasteiger partial charge in [-0.15, -0.1) is 0 Å². The zero-order valence-electron chi connectivity index (χ0n) is 19.6. The van der Waals surface area contributed by atoms with E-state index in [9.17, 15) is 0 Å². The van der Waals surface area contributed by atoms with E-state index in [2.05, 4.69) is 30.9 Å². The van der Waals surface area contributed by atoms with E-state index >= 15 is 0 Å². The fraction of sp³-hybridized carbons (Fsp3) is 0.0800. The number of aryl methyl sites for hydroxylation is 1. The quantitative estimate of drug-likeness (QED) is 0.246. The molecule has 0 bridgehead atoms. The summed E-state index contributed by atoms with van der Waals surface area (Å²) in [6, 6.07) is 23.0. The van der Waals surface area contributed by atoms with Gasteiger partial charge in [-0.2, -0.15) is 15.0 Å². The van der Waals surface area contributed by atoms with E-state index in [-0.39, 0.29) is 5.95 Å². The van der Waals surface area contributed by atoms with Crippen molar-refractivity contribution in [1.82, 2.24) is 24.5 Å². The van der Waals surface area contributed by atoms with E-state index in [1.165, 1.54) is 0 Å². The predicted octanol–water partition coefficient (Wildman–Crippen LogP) is 4.66. The molecule has 0 saturated carbocycles. The van der Waals surface area contributed by atoms with Crippen LogP contribution in [0.4, 0.5) is 29.0 Å². The molecule has 5 aromatic rings. The van der Waals surface area contributed by atoms with Gasteiger partial charge in [0.1, 0.15) is 11.6 Å². The number of aromatic nitrogens is 5. The maximum atomic E-state index is 5.89. The first-order chi connectivity index (χ1) is 17.5. The molecular weight excluding hydrogens is 474 g/mol. The first-order valence-corrected chi connectivity index (χ1v) is 11.4. The maximum absolute atomic E-state index is 5.89. The molecule has 0 unspecified atom stereocenters. The summed E-state index contributed by atoms with van der Waals surface area (Å²) >= 11 is 5.44. The minimum absolute atomic E-state index is 0.148. The Kier molecular flexibility index (Phi) is 6.29. The highest BCUT2D eigenvalue weighted by atomic mass is 32.1. The Morgan fingerprint density at radius 2 is 1.61 bits per heavy atom. The fourth-order valence-electron chi connectivity index (χ4n) is 3.66. The predicted molar refractivity (Wildman–Crippen MR) is 146 cm³/mol. The van der Waals surface area contributed by atoms with E-state index in [0.717, 1.165) is 33.8 Å². The number of nitrogens with zero attached hydrogens (tertiary/aromatic N) is 5. The van der Waals surface area contributed by atoms with Gasteiger partial charge < -0.3 is 26.4 Å². The molecule has 5 N–H and O–H groups in total. The SMILES string of the molecule is COc1cccc(NC(=S)Nc2ccc(Nc3nc4ccccc4n3-c3nc(C)nc(N)n3)cc2)c1. The minimum atomic E-state index is 0.148. The summed E-state index contributed by atoms with van der Waals surface area (Å²) in [6.07, 6.45) is 0. The lowest BCUT2D eigenvalue weighted by molar-refractivity contribution is 0.415. The van der Waals surface area contributed by atoms with Gasteiger partial charge in [0.2, 0.25) is 17.8 Å². The van der Waals surface area contributed by atoms with Crippen molar-refractivity contribution in [2.45, 2.75) is 6.92 Å². The summed E-state index contributed by atoms with van der Waals surface area (Å²) in [5.41, 5.74) is 10.0. The summed E-state index contributed by atoms with van der Waals surface area (Å²) in [5.74, 6) is 2.37. The summed E-state index contributed by atoms with van der Waals surface area (Å²) < 4.78 is 7.07. The third kappa shape index (κ3) is 5.00. The Morgan fingerprint density at radius 1 is 0.861 bits per heavy atom. The molecule has 10 nitrogen and oxygen atoms in total. The van der Waals surface area contributed by atoms with Crippen molar-refractivity contribution in [3.8, 4) is 11.7 Å². The topological polar surface area (TPSA) is 128 Å². The van der Waals surface area contributed by atoms with Gasteiger partial charge in [0.15, 0.2) is 5.11 Å². The first-order valence-electron chi connectivity index (χ1n) is 11.0. The number of ether oxygens (including phenoxy) is 1. The van der Waals surface area contributed by atoms with Gasteiger partial charge in [-0.1, -0.05) is 18.2 Å². The normalized spacial score (nSPS) is 10.7. The van der Waals surface area contributed by atoms with Crippen molar-refractivity contribution in [3.05, 3.63) is 78.6 Å². The van der Waals surface area contributed by atoms with Crippen molar-refractivity contribution in [1.29, 1.82) is 0 Å². The average molecular weight is 498 g/mol. The van der Waals surface area contributed by atoms with Crippen molar-refractivity contribution >= 4 is 57.3 Å². The van der Waals surface area contributed by atoms with E-state index in [1.54, 1.807) is 14.0 Å². The van der Waals surface area contributed by atoms with Crippen molar-refractivity contribution < 1.29 is 4.74 Å². The number of rotatable bonds is 6. The average Bonchev–Trinajstić information content (AvgIpc) is 3.22. The summed E-state index contributed by atoms with van der Waals surface area (Å²) in [5, 5.41) is 10.2. The molecule has 0 spiro atoms. The van der Waals surface area contributed by atoms with Crippen molar-refractivity contribution in [3.63, 3.8) is 0 Å². The van der Waals surface area contributed by atoms with Crippen LogP contribution in [-0.2, 0) is 0 Å². The number of thiocarbonyl (C=S) groups is 1. The summed E-state index contributed by atoms with van der Waals surface area (Å²) in [6.45, 7) is 1.77. The van der Waals surface area contributed by atoms with Crippen LogP contribution < -0.4 is 26.4 Å². The molecule has 0 aliphatic heterocycles. The van der Waals surface area contributed by atoms with Gasteiger partial charge in [-0.3, -0.25) is 0 Å². The number of methoxy groups -OCH3 is 1. The van der Waals surface area contributed by atoms with Gasteiger partial charge in [-0.05, 0) is 67.7 Å². The third-order valence-electron chi connectivity index (χ3n) is 5.24. The maximum Gasteiger partial charge on any atom is 0.242 e. The summed E-state index contributed by atoms with van der Waals surface area (Å²) in [4.78, 5) is 17.6. The minimum Gasteiger partial charge on any atom is -0.497 e. The number of hydrogen-bond donors (Lipinski definition) is 4. The molecule has 0 amide bonds. The van der Waals surface area contributed by atoms with Crippen LogP contribution in [0.2, 0.25) is 0 Å². The smallest absolute Gasteiger partial charge is 0.242 e. The van der Waals surface area contributed by atoms with Crippen LogP contribution in [-0.4, -0.2) is 36.7 Å². The summed E-state index contributed by atoms with van der Waals surface area (Å²) in [7, 11) is 1.63. The molecule has 36 heavy (non-hydrogen) atoms. The Balaban J connectivity index is 1.35. The second-order valence-electron chi connectivity index (χ2n) is 7.81. The zero-order chi connectivity index (χ0) is 25.1. The number of nitrogens with two attached hydrogens (primary N) is 1. The van der Waals surface area contributed by atoms with Crippen molar-refractivity contribution in [2.75, 3.05) is 28.8 Å². The monoisotopic (exact) mass is 497 g/mol. The molecule has 5 rings (SSSR count). The highest BCUT2D eigenvalue weighted by Gasteiger charge is 2.16. The molecule has 3 aromatic carbocycles. The molecule has 11 heteroatoms. The number of hydrogen-bond acceptors (Lipinski definition) is 8. The Morgan fingerprint density at radius 3 is 2.39 bits per heavy atom. The lowest BCUT2D eigenvalue weighted by Gasteiger charge is -2.13. The van der Waals surface area contributed by atoms with Gasteiger partial charge in [0, 0.05) is 23.1 Å². The zero-order valence-corrected chi connectivity index (χ0v) is 20.4. The lowest BCUT2D eigenvalue weighted by Crippen LogP contribution is -2.19. The van der Waals surface area contributed by atoms with Gasteiger partial charge in [0.25, 0.3) is 0 Å². The molecule has 0 fully saturated rings. The lowest BCUT2D eigenvalue weighted by atomic mass is 10.3. The van der Waals surface area contributed by atoms with Gasteiger partial charge >= 0.3 is 0 Å². The second-order valence-corrected chi connectivity index (χ2v) is 8.22. The molecular formula is C25H23N9OS. The number of nitrogen functional groups attached to an aromatic ring is 1. The molecule has 0 saturated heterocycles. The van der Waals surface area contributed by atoms with Crippen LogP contribution in [0, 0.1) is 6.92 Å². The van der Waals surface area contributed by atoms with E-state index in [1.807, 2.05) is 77.4 Å². The standard InChI is InChI=1S/C25H23N9OS/c1-15-27-22(26)33-23(28-15)34-21-9-4-3-8-20(21)32-24(34)29-16-10-12-17(13-11-16)30-25(36)31-18-6-5-7-19(14-18)35-2/h3-14H,1-2H3,(H,29,32)(H2,30,31,36)(H2,26,27,28,33). The second kappa shape index (κ2) is 9.84. The Bertz CT molecular complexity index is 1530. The molecule has 2 heterocycles. The number of fused-ring (bicyclic) bond motifs is 1. The van der Waals surface area contributed by atoms with Gasteiger partial charge in [0.05, 0.1) is 18.1 Å². The highest BCUT2D eigenvalue weighted by Crippen LogP contribution is 2.26. The third-order valence-corrected chi connectivity index (χ3v) is 5.44. The number of anilines is 5. The van der Waals surface area contributed by atoms with Crippen LogP contribution in [0.25, 0.3) is 17.0 Å². The fourth-order valence-corrected chi connectivity index (χ4v) is 3.90. The molecule has 2 aromatic heterocycles. The van der Waals surface area contributed by atoms with Crippen LogP contribution >= 0.6 is 12.2 Å². The van der Waals surface area contributed by atoms with Crippen molar-refractivity contribution in [2.24, 2.45) is 0 Å². The number of para-hydroxylation sites is 2. The highest BCUT2D eigenvalue weighted by molar-refractivity contribution is 7.80. The van der Waals surface area contributed by atoms with Crippen LogP contribution in [0.1, 0.15) is 5.82 Å². The van der Waals surface area contributed by atoms with Crippen LogP contribution in [0.15, 0.2) is 72.8 Å². The number of nitrogens with one attached hydrogen (secondary N) is 3. The first kappa shape index (κ1) is 23.0.